The number of piperidine rings is 1. The first kappa shape index (κ1) is 21.1. The second kappa shape index (κ2) is 8.94. The highest BCUT2D eigenvalue weighted by Gasteiger charge is 2.34. The third-order valence-corrected chi connectivity index (χ3v) is 7.13. The molecule has 2 heterocycles. The van der Waals surface area contributed by atoms with Gasteiger partial charge in [-0.1, -0.05) is 30.3 Å². The smallest absolute Gasteiger partial charge is 0.283 e. The number of ether oxygens (including phenoxy) is 2. The molecule has 0 saturated carbocycles. The maximum atomic E-state index is 12.8. The van der Waals surface area contributed by atoms with E-state index in [4.69, 9.17) is 9.47 Å². The summed E-state index contributed by atoms with van der Waals surface area (Å²) in [6.07, 6.45) is 0.171. The lowest BCUT2D eigenvalue weighted by atomic mass is 9.99. The Balaban J connectivity index is 1.32. The van der Waals surface area contributed by atoms with Crippen molar-refractivity contribution >= 4 is 21.8 Å². The number of hydrogen-bond acceptors (Lipinski definition) is 6. The standard InChI is InChI=1S/C21H23N3O6S/c25-20(22-23-21(26)19-14-29-17-10-4-5-11-18(17)30-19)15-7-6-12-24(13-15)31(27,28)16-8-2-1-3-9-16/h1-5,8-11,15,19H,6-7,12-14H2,(H,22,25)(H,23,26). The van der Waals surface area contributed by atoms with Crippen molar-refractivity contribution in [1.29, 1.82) is 0 Å². The van der Waals surface area contributed by atoms with Crippen molar-refractivity contribution in [2.75, 3.05) is 19.7 Å². The number of rotatable bonds is 4. The number of benzene rings is 2. The van der Waals surface area contributed by atoms with Gasteiger partial charge in [-0.3, -0.25) is 20.4 Å². The van der Waals surface area contributed by atoms with Gasteiger partial charge in [0.15, 0.2) is 11.5 Å². The second-order valence-corrected chi connectivity index (χ2v) is 9.30. The van der Waals surface area contributed by atoms with Crippen molar-refractivity contribution in [2.24, 2.45) is 5.92 Å². The third-order valence-electron chi connectivity index (χ3n) is 5.25. The minimum Gasteiger partial charge on any atom is -0.485 e. The van der Waals surface area contributed by atoms with Gasteiger partial charge in [-0.15, -0.1) is 0 Å². The molecular weight excluding hydrogens is 422 g/mol. The van der Waals surface area contributed by atoms with Crippen LogP contribution in [0.1, 0.15) is 12.8 Å². The Morgan fingerprint density at radius 3 is 2.39 bits per heavy atom. The number of carbonyl (C=O) groups excluding carboxylic acids is 2. The van der Waals surface area contributed by atoms with Gasteiger partial charge in [0.2, 0.25) is 22.0 Å². The van der Waals surface area contributed by atoms with Gasteiger partial charge < -0.3 is 9.47 Å². The summed E-state index contributed by atoms with van der Waals surface area (Å²) in [6, 6.07) is 15.1. The lowest BCUT2D eigenvalue weighted by Crippen LogP contribution is -2.54. The highest BCUT2D eigenvalue weighted by molar-refractivity contribution is 7.89. The van der Waals surface area contributed by atoms with Crippen LogP contribution in [0.2, 0.25) is 0 Å². The Bertz CT molecular complexity index is 1060. The number of nitrogens with one attached hydrogen (secondary N) is 2. The van der Waals surface area contributed by atoms with Crippen LogP contribution in [0.3, 0.4) is 0 Å². The second-order valence-electron chi connectivity index (χ2n) is 7.36. The molecule has 0 aromatic heterocycles. The van der Waals surface area contributed by atoms with Crippen molar-refractivity contribution in [3.8, 4) is 11.5 Å². The molecule has 2 amide bonds. The van der Waals surface area contributed by atoms with Crippen molar-refractivity contribution in [2.45, 2.75) is 23.8 Å². The van der Waals surface area contributed by atoms with Gasteiger partial charge in [-0.2, -0.15) is 4.31 Å². The average molecular weight is 445 g/mol. The van der Waals surface area contributed by atoms with Crippen LogP contribution >= 0.6 is 0 Å². The molecule has 9 nitrogen and oxygen atoms in total. The molecule has 0 radical (unpaired) electrons. The fourth-order valence-corrected chi connectivity index (χ4v) is 5.12. The summed E-state index contributed by atoms with van der Waals surface area (Å²) in [5.74, 6) is -0.561. The van der Waals surface area contributed by atoms with E-state index in [1.807, 2.05) is 0 Å². The molecule has 2 aromatic carbocycles. The molecule has 0 bridgehead atoms. The van der Waals surface area contributed by atoms with Gasteiger partial charge in [-0.05, 0) is 37.1 Å². The molecule has 0 spiro atoms. The number of sulfonamides is 1. The fraction of sp³-hybridized carbons (Fsp3) is 0.333. The predicted octanol–water partition coefficient (Wildman–Crippen LogP) is 1.07. The molecule has 164 valence electrons. The van der Waals surface area contributed by atoms with E-state index in [0.717, 1.165) is 0 Å². The SMILES string of the molecule is O=C(NNC(=O)C1COc2ccccc2O1)C1CCCN(S(=O)(=O)c2ccccc2)C1. The van der Waals surface area contributed by atoms with Gasteiger partial charge in [0.05, 0.1) is 10.8 Å². The van der Waals surface area contributed by atoms with E-state index in [1.165, 1.54) is 16.4 Å². The van der Waals surface area contributed by atoms with Crippen molar-refractivity contribution < 1.29 is 27.5 Å². The maximum Gasteiger partial charge on any atom is 0.283 e. The van der Waals surface area contributed by atoms with E-state index in [1.54, 1.807) is 42.5 Å². The quantitative estimate of drug-likeness (QED) is 0.681. The van der Waals surface area contributed by atoms with Gasteiger partial charge in [0, 0.05) is 13.1 Å². The first-order valence-corrected chi connectivity index (χ1v) is 11.4. The number of fused-ring (bicyclic) bond motifs is 1. The molecule has 2 aromatic rings. The molecule has 2 unspecified atom stereocenters. The van der Waals surface area contributed by atoms with Crippen LogP contribution in [0.5, 0.6) is 11.5 Å². The molecule has 2 aliphatic rings. The van der Waals surface area contributed by atoms with Crippen LogP contribution < -0.4 is 20.3 Å². The first-order valence-electron chi connectivity index (χ1n) is 9.98. The summed E-state index contributed by atoms with van der Waals surface area (Å²) >= 11 is 0. The highest BCUT2D eigenvalue weighted by Crippen LogP contribution is 2.30. The Hall–Kier alpha value is -3.11. The van der Waals surface area contributed by atoms with Crippen LogP contribution in [0, 0.1) is 5.92 Å². The van der Waals surface area contributed by atoms with Crippen molar-refractivity contribution in [3.05, 3.63) is 54.6 Å². The fourth-order valence-electron chi connectivity index (χ4n) is 3.57. The third kappa shape index (κ3) is 4.64. The Labute approximate surface area is 180 Å². The van der Waals surface area contributed by atoms with E-state index >= 15 is 0 Å². The predicted molar refractivity (Wildman–Crippen MR) is 111 cm³/mol. The van der Waals surface area contributed by atoms with E-state index < -0.39 is 33.9 Å². The van der Waals surface area contributed by atoms with Crippen molar-refractivity contribution in [1.82, 2.24) is 15.2 Å². The Morgan fingerprint density at radius 1 is 0.935 bits per heavy atom. The summed E-state index contributed by atoms with van der Waals surface area (Å²) in [6.45, 7) is 0.417. The molecule has 1 fully saturated rings. The van der Waals surface area contributed by atoms with Gasteiger partial charge in [0.25, 0.3) is 5.91 Å². The van der Waals surface area contributed by atoms with Crippen LogP contribution in [-0.4, -0.2) is 50.3 Å². The van der Waals surface area contributed by atoms with E-state index in [0.29, 0.717) is 30.9 Å². The van der Waals surface area contributed by atoms with Gasteiger partial charge in [0.1, 0.15) is 6.61 Å². The molecular formula is C21H23N3O6S. The zero-order chi connectivity index (χ0) is 21.8. The van der Waals surface area contributed by atoms with Crippen molar-refractivity contribution in [3.63, 3.8) is 0 Å². The molecule has 2 N–H and O–H groups in total. The molecule has 4 rings (SSSR count). The number of amides is 2. The summed E-state index contributed by atoms with van der Waals surface area (Å²) in [5.41, 5.74) is 4.74. The highest BCUT2D eigenvalue weighted by atomic mass is 32.2. The summed E-state index contributed by atoms with van der Waals surface area (Å²) in [4.78, 5) is 25.1. The number of hydrogen-bond donors (Lipinski definition) is 2. The summed E-state index contributed by atoms with van der Waals surface area (Å²) in [5, 5.41) is 0. The number of nitrogens with zero attached hydrogens (tertiary/aromatic N) is 1. The minimum absolute atomic E-state index is 0.0191. The van der Waals surface area contributed by atoms with E-state index in [2.05, 4.69) is 10.9 Å². The topological polar surface area (TPSA) is 114 Å². The molecule has 2 atom stereocenters. The molecule has 10 heteroatoms. The number of carbonyl (C=O) groups is 2. The Kier molecular flexibility index (Phi) is 6.10. The first-order chi connectivity index (χ1) is 14.9. The number of para-hydroxylation sites is 2. The normalized spacial score (nSPS) is 21.2. The lowest BCUT2D eigenvalue weighted by molar-refractivity contribution is -0.136. The summed E-state index contributed by atoms with van der Waals surface area (Å²) < 4.78 is 38.1. The van der Waals surface area contributed by atoms with Crippen LogP contribution in [0.15, 0.2) is 59.5 Å². The minimum atomic E-state index is -3.68. The van der Waals surface area contributed by atoms with Crippen LogP contribution in [-0.2, 0) is 19.6 Å². The summed E-state index contributed by atoms with van der Waals surface area (Å²) in [7, 11) is -3.68. The molecule has 1 saturated heterocycles. The van der Waals surface area contributed by atoms with Gasteiger partial charge >= 0.3 is 0 Å². The molecule has 0 aliphatic carbocycles. The van der Waals surface area contributed by atoms with Crippen LogP contribution in [0.25, 0.3) is 0 Å². The zero-order valence-corrected chi connectivity index (χ0v) is 17.5. The lowest BCUT2D eigenvalue weighted by Gasteiger charge is -2.31. The largest absolute Gasteiger partial charge is 0.485 e. The zero-order valence-electron chi connectivity index (χ0n) is 16.7. The van der Waals surface area contributed by atoms with E-state index in [-0.39, 0.29) is 18.0 Å². The number of hydrazine groups is 1. The van der Waals surface area contributed by atoms with Crippen LogP contribution in [0.4, 0.5) is 0 Å². The van der Waals surface area contributed by atoms with Gasteiger partial charge in [-0.25, -0.2) is 8.42 Å². The Morgan fingerprint density at radius 2 is 1.61 bits per heavy atom. The molecule has 2 aliphatic heterocycles. The monoisotopic (exact) mass is 445 g/mol. The average Bonchev–Trinajstić information content (AvgIpc) is 2.82. The maximum absolute atomic E-state index is 12.8. The van der Waals surface area contributed by atoms with E-state index in [9.17, 15) is 18.0 Å². The molecule has 31 heavy (non-hydrogen) atoms.